The normalized spacial score (nSPS) is 14.7. The Balaban J connectivity index is 1.49. The summed E-state index contributed by atoms with van der Waals surface area (Å²) in [6, 6.07) is 17.7. The van der Waals surface area contributed by atoms with Gasteiger partial charge in [-0.1, -0.05) is 48.9 Å². The van der Waals surface area contributed by atoms with Gasteiger partial charge in [0.15, 0.2) is 4.80 Å². The Morgan fingerprint density at radius 2 is 1.73 bits per heavy atom. The summed E-state index contributed by atoms with van der Waals surface area (Å²) in [6.07, 6.45) is 3.46. The Morgan fingerprint density at radius 1 is 1.00 bits per heavy atom. The fraction of sp³-hybridized carbons (Fsp3) is 0.294. The molecule has 0 bridgehead atoms. The van der Waals surface area contributed by atoms with Crippen LogP contribution < -0.4 is 19.8 Å². The van der Waals surface area contributed by atoms with E-state index in [0.717, 1.165) is 29.7 Å². The van der Waals surface area contributed by atoms with Crippen molar-refractivity contribution in [1.82, 2.24) is 4.57 Å². The molecule has 1 atom stereocenters. The number of carbonyl (C=O) groups is 2. The number of nitrogens with zero attached hydrogens (tertiary/aromatic N) is 3. The van der Waals surface area contributed by atoms with Crippen molar-refractivity contribution in [1.29, 1.82) is 0 Å². The molecule has 1 aliphatic rings. The number of ether oxygens (including phenoxy) is 2. The van der Waals surface area contributed by atoms with Crippen molar-refractivity contribution in [3.05, 3.63) is 109 Å². The lowest BCUT2D eigenvalue weighted by Gasteiger charge is -2.25. The van der Waals surface area contributed by atoms with Crippen molar-refractivity contribution in [2.75, 3.05) is 32.2 Å². The molecule has 0 aliphatic carbocycles. The third-order valence-corrected chi connectivity index (χ3v) is 8.26. The van der Waals surface area contributed by atoms with Gasteiger partial charge in [0.2, 0.25) is 0 Å². The van der Waals surface area contributed by atoms with Crippen LogP contribution in [0.25, 0.3) is 17.4 Å². The van der Waals surface area contributed by atoms with Crippen LogP contribution in [0.15, 0.2) is 86.1 Å². The number of aromatic nitrogens is 1. The lowest BCUT2D eigenvalue weighted by Crippen LogP contribution is -2.39. The van der Waals surface area contributed by atoms with Gasteiger partial charge in [-0.15, -0.1) is 0 Å². The van der Waals surface area contributed by atoms with Crippen LogP contribution >= 0.6 is 11.3 Å². The van der Waals surface area contributed by atoms with Gasteiger partial charge in [-0.05, 0) is 62.2 Å². The summed E-state index contributed by atoms with van der Waals surface area (Å²) in [5.74, 6) is 0.227. The second-order valence-corrected chi connectivity index (χ2v) is 11.6. The number of fused-ring (bicyclic) bond motifs is 1. The summed E-state index contributed by atoms with van der Waals surface area (Å²) in [4.78, 5) is 46.4. The number of allylic oxidation sites excluding steroid dienone is 1. The summed E-state index contributed by atoms with van der Waals surface area (Å²) in [6.45, 7) is 6.16. The Hall–Kier alpha value is -4.70. The highest BCUT2D eigenvalue weighted by molar-refractivity contribution is 7.07. The van der Waals surface area contributed by atoms with E-state index in [-0.39, 0.29) is 18.1 Å². The summed E-state index contributed by atoms with van der Waals surface area (Å²) < 4.78 is 18.7. The molecular weight excluding hydrogens is 578 g/mol. The maximum Gasteiger partial charge on any atom is 0.338 e. The molecule has 0 saturated heterocycles. The number of hydrogen-bond donors (Lipinski definition) is 0. The molecule has 228 valence electrons. The summed E-state index contributed by atoms with van der Waals surface area (Å²) >= 11 is 1.23. The van der Waals surface area contributed by atoms with Gasteiger partial charge >= 0.3 is 11.9 Å². The predicted octanol–water partition coefficient (Wildman–Crippen LogP) is 5.08. The van der Waals surface area contributed by atoms with Gasteiger partial charge in [-0.25, -0.2) is 14.6 Å². The number of hydrogen-bond acceptors (Lipinski definition) is 9. The van der Waals surface area contributed by atoms with Crippen molar-refractivity contribution in [2.24, 2.45) is 4.99 Å². The highest BCUT2D eigenvalue weighted by Crippen LogP contribution is 2.31. The molecule has 44 heavy (non-hydrogen) atoms. The molecule has 5 rings (SSSR count). The molecule has 0 unspecified atom stereocenters. The summed E-state index contributed by atoms with van der Waals surface area (Å²) in [7, 11) is 3.90. The smallest absolute Gasteiger partial charge is 0.338 e. The molecule has 0 amide bonds. The number of furan rings is 1. The Morgan fingerprint density at radius 3 is 2.39 bits per heavy atom. The largest absolute Gasteiger partial charge is 0.463 e. The minimum Gasteiger partial charge on any atom is -0.463 e. The van der Waals surface area contributed by atoms with Crippen molar-refractivity contribution in [2.45, 2.75) is 39.7 Å². The predicted molar refractivity (Wildman–Crippen MR) is 171 cm³/mol. The van der Waals surface area contributed by atoms with Crippen LogP contribution in [0.4, 0.5) is 5.69 Å². The van der Waals surface area contributed by atoms with E-state index >= 15 is 0 Å². The topological polar surface area (TPSA) is 103 Å². The Bertz CT molecular complexity index is 1880. The van der Waals surface area contributed by atoms with Gasteiger partial charge < -0.3 is 18.8 Å². The lowest BCUT2D eigenvalue weighted by molar-refractivity contribution is -0.139. The number of rotatable bonds is 10. The van der Waals surface area contributed by atoms with Gasteiger partial charge in [-0.3, -0.25) is 9.36 Å². The van der Waals surface area contributed by atoms with Crippen LogP contribution in [-0.4, -0.2) is 43.8 Å². The monoisotopic (exact) mass is 613 g/mol. The Labute approximate surface area is 259 Å². The minimum atomic E-state index is -0.692. The highest BCUT2D eigenvalue weighted by Gasteiger charge is 2.33. The van der Waals surface area contributed by atoms with E-state index in [9.17, 15) is 14.4 Å². The molecule has 9 nitrogen and oxygen atoms in total. The van der Waals surface area contributed by atoms with Crippen molar-refractivity contribution >= 4 is 35.0 Å². The summed E-state index contributed by atoms with van der Waals surface area (Å²) in [5, 5.41) is 0. The number of benzene rings is 2. The number of esters is 2. The second kappa shape index (κ2) is 13.3. The SMILES string of the molecule is CCCCOC(=O)c1ccc(-c2ccc(/C=c3\sc4n(c3=O)[C@H](c3ccc(N(C)C)cc3)C(C(=O)OCC)=C(C)N=4)o2)cc1. The maximum atomic E-state index is 13.9. The highest BCUT2D eigenvalue weighted by atomic mass is 32.1. The first kappa shape index (κ1) is 30.7. The molecule has 2 aromatic carbocycles. The van der Waals surface area contributed by atoms with Gasteiger partial charge in [-0.2, -0.15) is 0 Å². The molecular formula is C34H35N3O6S. The van der Waals surface area contributed by atoms with Crippen LogP contribution in [0.5, 0.6) is 0 Å². The molecule has 0 radical (unpaired) electrons. The third kappa shape index (κ3) is 6.30. The second-order valence-electron chi connectivity index (χ2n) is 10.6. The third-order valence-electron chi connectivity index (χ3n) is 7.28. The molecule has 0 fully saturated rings. The number of unbranched alkanes of at least 4 members (excludes halogenated alkanes) is 1. The minimum absolute atomic E-state index is 0.207. The van der Waals surface area contributed by atoms with Gasteiger partial charge in [0, 0.05) is 31.4 Å². The fourth-order valence-corrected chi connectivity index (χ4v) is 5.97. The van der Waals surface area contributed by atoms with Crippen molar-refractivity contribution in [3.8, 4) is 11.3 Å². The van der Waals surface area contributed by atoms with Crippen LogP contribution in [0.3, 0.4) is 0 Å². The summed E-state index contributed by atoms with van der Waals surface area (Å²) in [5.41, 5.74) is 3.59. The van der Waals surface area contributed by atoms with Crippen molar-refractivity contribution < 1.29 is 23.5 Å². The molecule has 1 aliphatic heterocycles. The maximum absolute atomic E-state index is 13.9. The standard InChI is InChI=1S/C34H35N3O6S/c1-6-8-19-42-32(39)24-11-9-22(10-12-24)27-18-17-26(43-27)20-28-31(38)37-30(23-13-15-25(16-14-23)36(4)5)29(33(40)41-7-2)21(3)35-34(37)44-28/h9-18,20,30H,6-8,19H2,1-5H3/b28-20-/t30-/m1/s1. The van der Waals surface area contributed by atoms with E-state index in [1.165, 1.54) is 11.3 Å². The Kier molecular flexibility index (Phi) is 9.29. The molecule has 0 spiro atoms. The first-order valence-electron chi connectivity index (χ1n) is 14.6. The van der Waals surface area contributed by atoms with Crippen LogP contribution in [0.1, 0.15) is 61.3 Å². The molecule has 3 heterocycles. The zero-order chi connectivity index (χ0) is 31.4. The number of carbonyl (C=O) groups excluding carboxylic acids is 2. The molecule has 10 heteroatoms. The number of thiazole rings is 1. The molecule has 0 saturated carbocycles. The van der Waals surface area contributed by atoms with Crippen LogP contribution in [-0.2, 0) is 14.3 Å². The van der Waals surface area contributed by atoms with E-state index < -0.39 is 12.0 Å². The van der Waals surface area contributed by atoms with E-state index in [4.69, 9.17) is 13.9 Å². The average molecular weight is 614 g/mol. The van der Waals surface area contributed by atoms with E-state index in [0.29, 0.717) is 44.3 Å². The van der Waals surface area contributed by atoms with Gasteiger partial charge in [0.1, 0.15) is 11.5 Å². The fourth-order valence-electron chi connectivity index (χ4n) is 4.94. The van der Waals surface area contributed by atoms with Crippen LogP contribution in [0.2, 0.25) is 0 Å². The lowest BCUT2D eigenvalue weighted by atomic mass is 9.95. The zero-order valence-corrected chi connectivity index (χ0v) is 26.3. The van der Waals surface area contributed by atoms with E-state index in [2.05, 4.69) is 4.99 Å². The number of anilines is 1. The van der Waals surface area contributed by atoms with Gasteiger partial charge in [0.25, 0.3) is 5.56 Å². The first-order chi connectivity index (χ1) is 21.2. The molecule has 2 aromatic heterocycles. The molecule has 0 N–H and O–H groups in total. The molecule has 4 aromatic rings. The first-order valence-corrected chi connectivity index (χ1v) is 15.4. The quantitative estimate of drug-likeness (QED) is 0.182. The average Bonchev–Trinajstić information content (AvgIpc) is 3.60. The van der Waals surface area contributed by atoms with E-state index in [1.54, 1.807) is 54.8 Å². The van der Waals surface area contributed by atoms with E-state index in [1.807, 2.05) is 56.3 Å². The van der Waals surface area contributed by atoms with Crippen molar-refractivity contribution in [3.63, 3.8) is 0 Å². The van der Waals surface area contributed by atoms with Crippen LogP contribution in [0, 0.1) is 0 Å². The zero-order valence-electron chi connectivity index (χ0n) is 25.5. The van der Waals surface area contributed by atoms with Gasteiger partial charge in [0.05, 0.1) is 40.6 Å².